The van der Waals surface area contributed by atoms with Gasteiger partial charge in [-0.2, -0.15) is 0 Å². The molecule has 0 saturated carbocycles. The Morgan fingerprint density at radius 3 is 3.00 bits per heavy atom. The number of benzene rings is 1. The van der Waals surface area contributed by atoms with E-state index in [-0.39, 0.29) is 11.1 Å². The van der Waals surface area contributed by atoms with Crippen molar-refractivity contribution in [2.75, 3.05) is 6.54 Å². The molecular weight excluding hydrogens is 241 g/mol. The zero-order chi connectivity index (χ0) is 12.3. The van der Waals surface area contributed by atoms with E-state index in [0.29, 0.717) is 6.54 Å². The Balaban J connectivity index is 2.08. The third kappa shape index (κ3) is 3.05. The minimum Gasteiger partial charge on any atom is -0.302 e. The summed E-state index contributed by atoms with van der Waals surface area (Å²) < 4.78 is 13.0. The van der Waals surface area contributed by atoms with E-state index in [4.69, 9.17) is 11.6 Å². The van der Waals surface area contributed by atoms with Crippen LogP contribution in [0.2, 0.25) is 5.02 Å². The maximum atomic E-state index is 13.0. The molecule has 1 aromatic rings. The van der Waals surface area contributed by atoms with Gasteiger partial charge in [-0.3, -0.25) is 4.90 Å². The third-order valence-corrected chi connectivity index (χ3v) is 3.48. The van der Waals surface area contributed by atoms with Crippen molar-refractivity contribution in [1.29, 1.82) is 0 Å². The molecule has 2 nitrogen and oxygen atoms in total. The van der Waals surface area contributed by atoms with Gasteiger partial charge in [-0.05, 0) is 37.1 Å². The average molecular weight is 256 g/mol. The van der Waals surface area contributed by atoms with Crippen molar-refractivity contribution >= 4 is 17.9 Å². The molecule has 1 saturated heterocycles. The molecule has 0 aromatic heterocycles. The highest BCUT2D eigenvalue weighted by Crippen LogP contribution is 2.21. The Labute approximate surface area is 105 Å². The summed E-state index contributed by atoms with van der Waals surface area (Å²) in [6.07, 6.45) is 4.13. The van der Waals surface area contributed by atoms with E-state index in [0.717, 1.165) is 37.7 Å². The van der Waals surface area contributed by atoms with Gasteiger partial charge < -0.3 is 4.79 Å². The van der Waals surface area contributed by atoms with Crippen molar-refractivity contribution in [2.24, 2.45) is 0 Å². The molecule has 0 aliphatic carbocycles. The average Bonchev–Trinajstić information content (AvgIpc) is 2.34. The lowest BCUT2D eigenvalue weighted by Gasteiger charge is -2.32. The van der Waals surface area contributed by atoms with Crippen LogP contribution in [0.1, 0.15) is 24.8 Å². The molecule has 0 spiro atoms. The first-order chi connectivity index (χ1) is 8.20. The minimum atomic E-state index is -0.402. The summed E-state index contributed by atoms with van der Waals surface area (Å²) in [6, 6.07) is 4.72. The number of nitrogens with zero attached hydrogens (tertiary/aromatic N) is 1. The molecule has 2 rings (SSSR count). The Hall–Kier alpha value is -0.930. The standard InChI is InChI=1S/C13H15ClFNO/c14-12-7-10(4-5-13(12)15)8-16-6-2-1-3-11(16)9-17/h4-5,7,9,11H,1-3,6,8H2. The third-order valence-electron chi connectivity index (χ3n) is 3.19. The van der Waals surface area contributed by atoms with Crippen LogP contribution < -0.4 is 0 Å². The van der Waals surface area contributed by atoms with Crippen LogP contribution in [0.3, 0.4) is 0 Å². The first-order valence-corrected chi connectivity index (χ1v) is 6.22. The molecule has 1 aromatic carbocycles. The van der Waals surface area contributed by atoms with E-state index in [1.165, 1.54) is 6.07 Å². The highest BCUT2D eigenvalue weighted by Gasteiger charge is 2.21. The molecule has 1 atom stereocenters. The van der Waals surface area contributed by atoms with Crippen molar-refractivity contribution in [3.05, 3.63) is 34.6 Å². The number of carbonyl (C=O) groups excluding carboxylic acids is 1. The summed E-state index contributed by atoms with van der Waals surface area (Å²) in [5, 5.41) is 0.141. The number of carbonyl (C=O) groups is 1. The molecule has 1 aliphatic rings. The zero-order valence-electron chi connectivity index (χ0n) is 9.53. The van der Waals surface area contributed by atoms with E-state index in [1.54, 1.807) is 12.1 Å². The first-order valence-electron chi connectivity index (χ1n) is 5.84. The van der Waals surface area contributed by atoms with E-state index in [9.17, 15) is 9.18 Å². The second-order valence-electron chi connectivity index (χ2n) is 4.42. The molecule has 1 unspecified atom stereocenters. The molecule has 4 heteroatoms. The van der Waals surface area contributed by atoms with Crippen molar-refractivity contribution in [1.82, 2.24) is 4.90 Å². The van der Waals surface area contributed by atoms with Gasteiger partial charge in [-0.1, -0.05) is 24.1 Å². The van der Waals surface area contributed by atoms with Gasteiger partial charge in [0, 0.05) is 6.54 Å². The van der Waals surface area contributed by atoms with Crippen molar-refractivity contribution in [3.63, 3.8) is 0 Å². The lowest BCUT2D eigenvalue weighted by Crippen LogP contribution is -2.39. The number of halogens is 2. The fourth-order valence-corrected chi connectivity index (χ4v) is 2.44. The summed E-state index contributed by atoms with van der Waals surface area (Å²) in [7, 11) is 0. The van der Waals surface area contributed by atoms with Crippen molar-refractivity contribution < 1.29 is 9.18 Å². The van der Waals surface area contributed by atoms with E-state index >= 15 is 0 Å². The van der Waals surface area contributed by atoms with Crippen LogP contribution in [0, 0.1) is 5.82 Å². The van der Waals surface area contributed by atoms with E-state index < -0.39 is 5.82 Å². The monoisotopic (exact) mass is 255 g/mol. The van der Waals surface area contributed by atoms with Gasteiger partial charge >= 0.3 is 0 Å². The molecule has 1 aliphatic heterocycles. The second kappa shape index (κ2) is 5.61. The molecule has 17 heavy (non-hydrogen) atoms. The van der Waals surface area contributed by atoms with Crippen LogP contribution in [-0.4, -0.2) is 23.8 Å². The Morgan fingerprint density at radius 2 is 2.29 bits per heavy atom. The number of hydrogen-bond donors (Lipinski definition) is 0. The summed E-state index contributed by atoms with van der Waals surface area (Å²) in [6.45, 7) is 1.57. The van der Waals surface area contributed by atoms with Gasteiger partial charge in [-0.15, -0.1) is 0 Å². The summed E-state index contributed by atoms with van der Waals surface area (Å²) >= 11 is 5.74. The predicted octanol–water partition coefficient (Wildman–Crippen LogP) is 3.03. The highest BCUT2D eigenvalue weighted by molar-refractivity contribution is 6.30. The van der Waals surface area contributed by atoms with Gasteiger partial charge in [0.15, 0.2) is 0 Å². The second-order valence-corrected chi connectivity index (χ2v) is 4.83. The molecule has 0 N–H and O–H groups in total. The lowest BCUT2D eigenvalue weighted by molar-refractivity contribution is -0.113. The van der Waals surface area contributed by atoms with Crippen LogP contribution in [0.15, 0.2) is 18.2 Å². The number of hydrogen-bond acceptors (Lipinski definition) is 2. The smallest absolute Gasteiger partial charge is 0.141 e. The maximum Gasteiger partial charge on any atom is 0.141 e. The van der Waals surface area contributed by atoms with E-state index in [1.807, 2.05) is 0 Å². The van der Waals surface area contributed by atoms with Gasteiger partial charge in [0.2, 0.25) is 0 Å². The van der Waals surface area contributed by atoms with Gasteiger partial charge in [0.05, 0.1) is 11.1 Å². The van der Waals surface area contributed by atoms with Crippen LogP contribution in [0.25, 0.3) is 0 Å². The van der Waals surface area contributed by atoms with Gasteiger partial charge in [0.25, 0.3) is 0 Å². The Bertz CT molecular complexity index is 410. The normalized spacial score (nSPS) is 21.4. The minimum absolute atomic E-state index is 0.00687. The fourth-order valence-electron chi connectivity index (χ4n) is 2.24. The van der Waals surface area contributed by atoms with Gasteiger partial charge in [-0.25, -0.2) is 4.39 Å². The van der Waals surface area contributed by atoms with Crippen molar-refractivity contribution in [2.45, 2.75) is 31.8 Å². The molecule has 0 radical (unpaired) electrons. The van der Waals surface area contributed by atoms with Crippen molar-refractivity contribution in [3.8, 4) is 0 Å². The largest absolute Gasteiger partial charge is 0.302 e. The Morgan fingerprint density at radius 1 is 1.47 bits per heavy atom. The summed E-state index contributed by atoms with van der Waals surface area (Å²) in [4.78, 5) is 13.1. The molecule has 1 heterocycles. The van der Waals surface area contributed by atoms with Crippen LogP contribution >= 0.6 is 11.6 Å². The predicted molar refractivity (Wildman–Crippen MR) is 65.5 cm³/mol. The highest BCUT2D eigenvalue weighted by atomic mass is 35.5. The summed E-state index contributed by atoms with van der Waals surface area (Å²) in [5.74, 6) is -0.402. The van der Waals surface area contributed by atoms with Crippen LogP contribution in [0.5, 0.6) is 0 Å². The topological polar surface area (TPSA) is 20.3 Å². The zero-order valence-corrected chi connectivity index (χ0v) is 10.3. The molecular formula is C13H15ClFNO. The SMILES string of the molecule is O=CC1CCCCN1Cc1ccc(F)c(Cl)c1. The number of rotatable bonds is 3. The quantitative estimate of drug-likeness (QED) is 0.774. The fraction of sp³-hybridized carbons (Fsp3) is 0.462. The number of likely N-dealkylation sites (tertiary alicyclic amines) is 1. The molecule has 0 bridgehead atoms. The Kier molecular flexibility index (Phi) is 4.13. The lowest BCUT2D eigenvalue weighted by atomic mass is 10.0. The maximum absolute atomic E-state index is 13.0. The van der Waals surface area contributed by atoms with E-state index in [2.05, 4.69) is 4.90 Å². The molecule has 1 fully saturated rings. The first kappa shape index (κ1) is 12.5. The molecule has 92 valence electrons. The van der Waals surface area contributed by atoms with Crippen LogP contribution in [0.4, 0.5) is 4.39 Å². The number of piperidine rings is 1. The van der Waals surface area contributed by atoms with Gasteiger partial charge in [0.1, 0.15) is 12.1 Å². The summed E-state index contributed by atoms with van der Waals surface area (Å²) in [5.41, 5.74) is 0.949. The molecule has 0 amide bonds. The van der Waals surface area contributed by atoms with Crippen LogP contribution in [-0.2, 0) is 11.3 Å². The number of aldehydes is 1.